The molecule has 68 valence electrons. The number of nitrogens with one attached hydrogen (secondary N) is 1. The molecule has 0 spiro atoms. The molecule has 11 heavy (non-hydrogen) atoms. The third-order valence-corrected chi connectivity index (χ3v) is 2.65. The molecule has 0 aromatic heterocycles. The smallest absolute Gasteiger partial charge is 0.00582 e. The van der Waals surface area contributed by atoms with Crippen LogP contribution in [0.2, 0.25) is 0 Å². The highest BCUT2D eigenvalue weighted by Crippen LogP contribution is 2.05. The lowest BCUT2D eigenvalue weighted by atomic mass is 10.3. The summed E-state index contributed by atoms with van der Waals surface area (Å²) in [4.78, 5) is 0. The van der Waals surface area contributed by atoms with Crippen LogP contribution >= 0.6 is 11.8 Å². The van der Waals surface area contributed by atoms with Gasteiger partial charge in [0, 0.05) is 18.3 Å². The quantitative estimate of drug-likeness (QED) is 0.622. The van der Waals surface area contributed by atoms with Crippen molar-refractivity contribution in [2.24, 2.45) is 5.92 Å². The minimum atomic E-state index is 0.634. The second kappa shape index (κ2) is 6.99. The van der Waals surface area contributed by atoms with Crippen LogP contribution in [-0.2, 0) is 0 Å². The average Bonchev–Trinajstić information content (AvgIpc) is 1.85. The van der Waals surface area contributed by atoms with Crippen LogP contribution in [-0.4, -0.2) is 24.1 Å². The van der Waals surface area contributed by atoms with E-state index in [-0.39, 0.29) is 0 Å². The van der Waals surface area contributed by atoms with E-state index in [2.05, 4.69) is 33.0 Å². The van der Waals surface area contributed by atoms with Gasteiger partial charge < -0.3 is 5.32 Å². The summed E-state index contributed by atoms with van der Waals surface area (Å²) < 4.78 is 0. The second-order valence-electron chi connectivity index (χ2n) is 3.58. The maximum absolute atomic E-state index is 3.40. The van der Waals surface area contributed by atoms with Gasteiger partial charge in [-0.1, -0.05) is 27.7 Å². The Kier molecular flexibility index (Phi) is 7.18. The Labute approximate surface area is 75.3 Å². The SMILES string of the molecule is CC(C)CSCCNC(C)C. The fraction of sp³-hybridized carbons (Fsp3) is 1.00. The molecular formula is C9H21NS. The van der Waals surface area contributed by atoms with Gasteiger partial charge in [0.05, 0.1) is 0 Å². The summed E-state index contributed by atoms with van der Waals surface area (Å²) >= 11 is 2.04. The van der Waals surface area contributed by atoms with Crippen molar-refractivity contribution in [1.82, 2.24) is 5.32 Å². The molecule has 0 aromatic rings. The molecule has 0 aliphatic heterocycles. The Morgan fingerprint density at radius 3 is 2.27 bits per heavy atom. The molecule has 0 heterocycles. The number of hydrogen-bond donors (Lipinski definition) is 1. The standard InChI is InChI=1S/C9H21NS/c1-8(2)7-11-6-5-10-9(3)4/h8-10H,5-7H2,1-4H3. The summed E-state index contributed by atoms with van der Waals surface area (Å²) in [6.07, 6.45) is 0. The van der Waals surface area contributed by atoms with Crippen LogP contribution in [0.1, 0.15) is 27.7 Å². The maximum Gasteiger partial charge on any atom is 0.00582 e. The Hall–Kier alpha value is 0.310. The highest BCUT2D eigenvalue weighted by Gasteiger charge is 1.94. The van der Waals surface area contributed by atoms with E-state index in [4.69, 9.17) is 0 Å². The topological polar surface area (TPSA) is 12.0 Å². The van der Waals surface area contributed by atoms with Gasteiger partial charge in [0.15, 0.2) is 0 Å². The van der Waals surface area contributed by atoms with Crippen LogP contribution in [0.15, 0.2) is 0 Å². The fourth-order valence-electron chi connectivity index (χ4n) is 0.739. The van der Waals surface area contributed by atoms with Crippen molar-refractivity contribution in [3.05, 3.63) is 0 Å². The molecule has 0 amide bonds. The van der Waals surface area contributed by atoms with Crippen molar-refractivity contribution in [2.45, 2.75) is 33.7 Å². The molecule has 0 aliphatic carbocycles. The lowest BCUT2D eigenvalue weighted by Crippen LogP contribution is -2.25. The van der Waals surface area contributed by atoms with Crippen LogP contribution in [0, 0.1) is 5.92 Å². The summed E-state index contributed by atoms with van der Waals surface area (Å²) in [7, 11) is 0. The average molecular weight is 175 g/mol. The van der Waals surface area contributed by atoms with Gasteiger partial charge in [-0.25, -0.2) is 0 Å². The first-order valence-corrected chi connectivity index (χ1v) is 5.59. The molecule has 0 aromatic carbocycles. The van der Waals surface area contributed by atoms with E-state index in [1.807, 2.05) is 11.8 Å². The van der Waals surface area contributed by atoms with E-state index in [9.17, 15) is 0 Å². The minimum absolute atomic E-state index is 0.634. The molecule has 0 fully saturated rings. The lowest BCUT2D eigenvalue weighted by molar-refractivity contribution is 0.615. The third kappa shape index (κ3) is 10.3. The Balaban J connectivity index is 2.91. The first-order valence-electron chi connectivity index (χ1n) is 4.44. The molecule has 0 saturated carbocycles. The second-order valence-corrected chi connectivity index (χ2v) is 4.73. The Morgan fingerprint density at radius 1 is 1.18 bits per heavy atom. The third-order valence-electron chi connectivity index (χ3n) is 1.25. The normalized spacial score (nSPS) is 11.5. The number of thioether (sulfide) groups is 1. The molecule has 1 nitrogen and oxygen atoms in total. The van der Waals surface area contributed by atoms with Crippen LogP contribution in [0.4, 0.5) is 0 Å². The van der Waals surface area contributed by atoms with E-state index < -0.39 is 0 Å². The van der Waals surface area contributed by atoms with Gasteiger partial charge in [0.25, 0.3) is 0 Å². The molecule has 0 aliphatic rings. The molecule has 0 radical (unpaired) electrons. The zero-order valence-corrected chi connectivity index (χ0v) is 9.00. The molecule has 0 bridgehead atoms. The molecule has 2 heteroatoms. The van der Waals surface area contributed by atoms with Gasteiger partial charge in [-0.05, 0) is 11.7 Å². The van der Waals surface area contributed by atoms with Crippen molar-refractivity contribution in [2.75, 3.05) is 18.1 Å². The van der Waals surface area contributed by atoms with Crippen LogP contribution in [0.3, 0.4) is 0 Å². The molecule has 0 atom stereocenters. The predicted molar refractivity (Wildman–Crippen MR) is 55.3 cm³/mol. The van der Waals surface area contributed by atoms with Gasteiger partial charge in [0.1, 0.15) is 0 Å². The molecule has 0 saturated heterocycles. The van der Waals surface area contributed by atoms with E-state index in [0.29, 0.717) is 6.04 Å². The number of rotatable bonds is 6. The van der Waals surface area contributed by atoms with Gasteiger partial charge in [0.2, 0.25) is 0 Å². The summed E-state index contributed by atoms with van der Waals surface area (Å²) in [6.45, 7) is 10.1. The Bertz CT molecular complexity index is 71.6. The highest BCUT2D eigenvalue weighted by atomic mass is 32.2. The van der Waals surface area contributed by atoms with Gasteiger partial charge in [-0.3, -0.25) is 0 Å². The van der Waals surface area contributed by atoms with E-state index in [1.165, 1.54) is 11.5 Å². The largest absolute Gasteiger partial charge is 0.314 e. The summed E-state index contributed by atoms with van der Waals surface area (Å²) in [5.74, 6) is 3.37. The minimum Gasteiger partial charge on any atom is -0.314 e. The van der Waals surface area contributed by atoms with Crippen molar-refractivity contribution >= 4 is 11.8 Å². The van der Waals surface area contributed by atoms with Gasteiger partial charge in [-0.2, -0.15) is 11.8 Å². The van der Waals surface area contributed by atoms with Crippen LogP contribution in [0.5, 0.6) is 0 Å². The van der Waals surface area contributed by atoms with Gasteiger partial charge in [-0.15, -0.1) is 0 Å². The van der Waals surface area contributed by atoms with Crippen molar-refractivity contribution in [1.29, 1.82) is 0 Å². The fourth-order valence-corrected chi connectivity index (χ4v) is 1.64. The monoisotopic (exact) mass is 175 g/mol. The molecular weight excluding hydrogens is 154 g/mol. The maximum atomic E-state index is 3.40. The van der Waals surface area contributed by atoms with Crippen molar-refractivity contribution in [3.63, 3.8) is 0 Å². The summed E-state index contributed by atoms with van der Waals surface area (Å²) in [6, 6.07) is 0.634. The van der Waals surface area contributed by atoms with E-state index in [1.54, 1.807) is 0 Å². The Morgan fingerprint density at radius 2 is 1.82 bits per heavy atom. The molecule has 0 unspecified atom stereocenters. The van der Waals surface area contributed by atoms with E-state index >= 15 is 0 Å². The predicted octanol–water partition coefficient (Wildman–Crippen LogP) is 2.37. The highest BCUT2D eigenvalue weighted by molar-refractivity contribution is 7.99. The number of hydrogen-bond acceptors (Lipinski definition) is 2. The zero-order valence-electron chi connectivity index (χ0n) is 8.18. The van der Waals surface area contributed by atoms with Gasteiger partial charge >= 0.3 is 0 Å². The van der Waals surface area contributed by atoms with E-state index in [0.717, 1.165) is 12.5 Å². The van der Waals surface area contributed by atoms with Crippen molar-refractivity contribution < 1.29 is 0 Å². The molecule has 1 N–H and O–H groups in total. The van der Waals surface area contributed by atoms with Crippen LogP contribution in [0.25, 0.3) is 0 Å². The van der Waals surface area contributed by atoms with Crippen molar-refractivity contribution in [3.8, 4) is 0 Å². The lowest BCUT2D eigenvalue weighted by Gasteiger charge is -2.08. The summed E-state index contributed by atoms with van der Waals surface area (Å²) in [5, 5.41) is 3.40. The zero-order chi connectivity index (χ0) is 8.69. The first-order chi connectivity index (χ1) is 5.13. The summed E-state index contributed by atoms with van der Waals surface area (Å²) in [5.41, 5.74) is 0. The molecule has 0 rings (SSSR count). The first kappa shape index (κ1) is 11.3. The van der Waals surface area contributed by atoms with Crippen LogP contribution < -0.4 is 5.32 Å².